The minimum Gasteiger partial charge on any atom is -0.504 e. The lowest BCUT2D eigenvalue weighted by atomic mass is 9.75. The van der Waals surface area contributed by atoms with Gasteiger partial charge in [-0.05, 0) is 37.5 Å². The monoisotopic (exact) mass is 482 g/mol. The van der Waals surface area contributed by atoms with Crippen molar-refractivity contribution in [2.45, 2.75) is 38.8 Å². The fourth-order valence-corrected chi connectivity index (χ4v) is 5.50. The second kappa shape index (κ2) is 9.22. The van der Waals surface area contributed by atoms with E-state index in [-0.39, 0.29) is 29.5 Å². The molecule has 2 aromatic carbocycles. The largest absolute Gasteiger partial charge is 0.504 e. The highest BCUT2D eigenvalue weighted by atomic mass is 16.5. The molecule has 186 valence electrons. The summed E-state index contributed by atoms with van der Waals surface area (Å²) in [4.78, 5) is 41.6. The number of imide groups is 1. The third kappa shape index (κ3) is 3.80. The summed E-state index contributed by atoms with van der Waals surface area (Å²) in [6.07, 6.45) is 0.116. The lowest BCUT2D eigenvalue weighted by molar-refractivity contribution is -0.149. The lowest BCUT2D eigenvalue weighted by Gasteiger charge is -2.32. The summed E-state index contributed by atoms with van der Waals surface area (Å²) in [7, 11) is 1.44. The number of carboxylic acids is 1. The molecule has 0 saturated carbocycles. The van der Waals surface area contributed by atoms with Crippen molar-refractivity contribution in [1.82, 2.24) is 5.32 Å². The average Bonchev–Trinajstić information content (AvgIpc) is 3.29. The molecule has 2 amide bonds. The first-order chi connectivity index (χ1) is 16.7. The Labute approximate surface area is 203 Å². The van der Waals surface area contributed by atoms with Crippen LogP contribution in [-0.2, 0) is 14.4 Å². The van der Waals surface area contributed by atoms with Gasteiger partial charge in [0.05, 0.1) is 31.2 Å². The van der Waals surface area contributed by atoms with Crippen LogP contribution in [0.3, 0.4) is 0 Å². The standard InChI is InChI=1S/C26H30N2O7/c1-5-35-18-12-8-9-15(22(18)29)21-19-20(26(27-21,25(32)33)13-14(2)3)24(31)28(23(19)30)16-10-6-7-11-17(16)34-4/h6-12,14,19-21,27,29H,5,13H2,1-4H3,(H,32,33)/t19-,20-,21+,26+/m1/s1. The predicted octanol–water partition coefficient (Wildman–Crippen LogP) is 3.12. The van der Waals surface area contributed by atoms with Crippen LogP contribution in [0.4, 0.5) is 5.69 Å². The molecule has 0 bridgehead atoms. The van der Waals surface area contributed by atoms with Crippen LogP contribution in [0.5, 0.6) is 17.2 Å². The normalized spacial score (nSPS) is 25.7. The van der Waals surface area contributed by atoms with Crippen LogP contribution in [0.15, 0.2) is 42.5 Å². The number of para-hydroxylation sites is 3. The van der Waals surface area contributed by atoms with E-state index in [1.165, 1.54) is 7.11 Å². The van der Waals surface area contributed by atoms with Crippen LogP contribution >= 0.6 is 0 Å². The number of aromatic hydroxyl groups is 1. The number of ether oxygens (including phenoxy) is 2. The number of nitrogens with one attached hydrogen (secondary N) is 1. The van der Waals surface area contributed by atoms with Crippen LogP contribution in [0, 0.1) is 17.8 Å². The molecule has 0 radical (unpaired) electrons. The maximum Gasteiger partial charge on any atom is 0.324 e. The number of benzene rings is 2. The summed E-state index contributed by atoms with van der Waals surface area (Å²) in [5.74, 6) is -4.34. The van der Waals surface area contributed by atoms with Crippen molar-refractivity contribution in [3.8, 4) is 17.2 Å². The van der Waals surface area contributed by atoms with Gasteiger partial charge >= 0.3 is 5.97 Å². The highest BCUT2D eigenvalue weighted by Gasteiger charge is 2.69. The second-order valence-electron chi connectivity index (χ2n) is 9.31. The second-order valence-corrected chi connectivity index (χ2v) is 9.31. The number of aliphatic carboxylic acids is 1. The number of amides is 2. The summed E-state index contributed by atoms with van der Waals surface area (Å²) in [6, 6.07) is 10.6. The first-order valence-corrected chi connectivity index (χ1v) is 11.6. The number of rotatable bonds is 8. The van der Waals surface area contributed by atoms with E-state index in [4.69, 9.17) is 9.47 Å². The highest BCUT2D eigenvalue weighted by Crippen LogP contribution is 2.54. The topological polar surface area (TPSA) is 125 Å². The van der Waals surface area contributed by atoms with E-state index in [0.29, 0.717) is 17.9 Å². The van der Waals surface area contributed by atoms with Crippen LogP contribution in [-0.4, -0.2) is 47.3 Å². The Hall–Kier alpha value is -3.59. The molecular weight excluding hydrogens is 452 g/mol. The Morgan fingerprint density at radius 1 is 1.11 bits per heavy atom. The summed E-state index contributed by atoms with van der Waals surface area (Å²) in [5, 5.41) is 24.5. The third-order valence-corrected chi connectivity index (χ3v) is 6.76. The molecule has 3 N–H and O–H groups in total. The maximum atomic E-state index is 13.9. The Morgan fingerprint density at radius 3 is 2.43 bits per heavy atom. The fourth-order valence-electron chi connectivity index (χ4n) is 5.50. The Kier molecular flexibility index (Phi) is 6.46. The molecule has 2 saturated heterocycles. The smallest absolute Gasteiger partial charge is 0.324 e. The average molecular weight is 483 g/mol. The fraction of sp³-hybridized carbons (Fsp3) is 0.423. The molecular formula is C26H30N2O7. The zero-order valence-electron chi connectivity index (χ0n) is 20.1. The zero-order chi connectivity index (χ0) is 25.5. The molecule has 0 spiro atoms. The Balaban J connectivity index is 1.91. The van der Waals surface area contributed by atoms with Gasteiger partial charge in [0.2, 0.25) is 11.8 Å². The van der Waals surface area contributed by atoms with Gasteiger partial charge < -0.3 is 19.7 Å². The van der Waals surface area contributed by atoms with Crippen LogP contribution in [0.2, 0.25) is 0 Å². The van der Waals surface area contributed by atoms with Crippen LogP contribution in [0.1, 0.15) is 38.8 Å². The SMILES string of the molecule is CCOc1cccc([C@@H]2N[C@](CC(C)C)(C(=O)O)[C@H]3C(=O)N(c4ccccc4OC)C(=O)[C@@H]23)c1O. The molecule has 9 nitrogen and oxygen atoms in total. The number of fused-ring (bicyclic) bond motifs is 1. The summed E-state index contributed by atoms with van der Waals surface area (Å²) >= 11 is 0. The quantitative estimate of drug-likeness (QED) is 0.490. The number of carbonyl (C=O) groups excluding carboxylic acids is 2. The Bertz CT molecular complexity index is 1160. The number of hydrogen-bond donors (Lipinski definition) is 3. The molecule has 0 unspecified atom stereocenters. The van der Waals surface area contributed by atoms with Gasteiger partial charge in [-0.15, -0.1) is 0 Å². The molecule has 35 heavy (non-hydrogen) atoms. The Morgan fingerprint density at radius 2 is 1.80 bits per heavy atom. The first-order valence-electron chi connectivity index (χ1n) is 11.6. The van der Waals surface area contributed by atoms with Crippen molar-refractivity contribution in [3.05, 3.63) is 48.0 Å². The molecule has 4 atom stereocenters. The minimum atomic E-state index is -1.71. The first kappa shape index (κ1) is 24.5. The molecule has 2 aliphatic rings. The molecule has 2 aliphatic heterocycles. The number of phenolic OH excluding ortho intramolecular Hbond substituents is 1. The van der Waals surface area contributed by atoms with Gasteiger partial charge in [-0.2, -0.15) is 0 Å². The molecule has 4 rings (SSSR count). The van der Waals surface area contributed by atoms with Gasteiger partial charge in [-0.25, -0.2) is 4.90 Å². The summed E-state index contributed by atoms with van der Waals surface area (Å²) < 4.78 is 10.9. The number of phenols is 1. The van der Waals surface area contributed by atoms with E-state index in [0.717, 1.165) is 4.90 Å². The van der Waals surface area contributed by atoms with Crippen molar-refractivity contribution >= 4 is 23.5 Å². The van der Waals surface area contributed by atoms with E-state index in [1.54, 1.807) is 49.4 Å². The van der Waals surface area contributed by atoms with Gasteiger partial charge in [-0.3, -0.25) is 19.7 Å². The van der Waals surface area contributed by atoms with E-state index in [9.17, 15) is 24.6 Å². The molecule has 2 aromatic rings. The van der Waals surface area contributed by atoms with Crippen LogP contribution in [0.25, 0.3) is 0 Å². The van der Waals surface area contributed by atoms with Gasteiger partial charge in [0.15, 0.2) is 11.5 Å². The van der Waals surface area contributed by atoms with E-state index in [1.807, 2.05) is 13.8 Å². The molecule has 2 heterocycles. The predicted molar refractivity (Wildman–Crippen MR) is 127 cm³/mol. The molecule has 9 heteroatoms. The van der Waals surface area contributed by atoms with Crippen LogP contribution < -0.4 is 19.7 Å². The summed E-state index contributed by atoms with van der Waals surface area (Å²) in [6.45, 7) is 5.81. The maximum absolute atomic E-state index is 13.9. The van der Waals surface area contributed by atoms with E-state index in [2.05, 4.69) is 5.32 Å². The summed E-state index contributed by atoms with van der Waals surface area (Å²) in [5.41, 5.74) is -1.14. The highest BCUT2D eigenvalue weighted by molar-refractivity contribution is 6.24. The van der Waals surface area contributed by atoms with Gasteiger partial charge in [0.1, 0.15) is 11.3 Å². The number of nitrogens with zero attached hydrogens (tertiary/aromatic N) is 1. The van der Waals surface area contributed by atoms with Gasteiger partial charge in [-0.1, -0.05) is 38.1 Å². The molecule has 0 aliphatic carbocycles. The number of carboxylic acid groups (broad SMARTS) is 1. The van der Waals surface area contributed by atoms with Gasteiger partial charge in [0.25, 0.3) is 0 Å². The number of hydrogen-bond acceptors (Lipinski definition) is 7. The minimum absolute atomic E-state index is 0.0930. The lowest BCUT2D eigenvalue weighted by Crippen LogP contribution is -2.56. The molecule has 2 fully saturated rings. The zero-order valence-corrected chi connectivity index (χ0v) is 20.1. The van der Waals surface area contributed by atoms with Crippen molar-refractivity contribution < 1.29 is 34.1 Å². The molecule has 0 aromatic heterocycles. The number of methoxy groups -OCH3 is 1. The number of carbonyl (C=O) groups is 3. The van der Waals surface area contributed by atoms with Crippen molar-refractivity contribution in [2.75, 3.05) is 18.6 Å². The van der Waals surface area contributed by atoms with Gasteiger partial charge in [0, 0.05) is 11.6 Å². The van der Waals surface area contributed by atoms with Crippen molar-refractivity contribution in [2.24, 2.45) is 17.8 Å². The van der Waals surface area contributed by atoms with E-state index < -0.39 is 41.2 Å². The number of anilines is 1. The van der Waals surface area contributed by atoms with Crippen molar-refractivity contribution in [1.29, 1.82) is 0 Å². The van der Waals surface area contributed by atoms with E-state index >= 15 is 0 Å². The van der Waals surface area contributed by atoms with Crippen molar-refractivity contribution in [3.63, 3.8) is 0 Å². The third-order valence-electron chi connectivity index (χ3n) is 6.76.